The Labute approximate surface area is 160 Å². The summed E-state index contributed by atoms with van der Waals surface area (Å²) in [7, 11) is 1.52. The molecule has 0 fully saturated rings. The maximum atomic E-state index is 12.4. The Morgan fingerprint density at radius 2 is 1.73 bits per heavy atom. The van der Waals surface area contributed by atoms with E-state index in [9.17, 15) is 4.79 Å². The van der Waals surface area contributed by atoms with E-state index in [1.165, 1.54) is 7.11 Å². The van der Waals surface area contributed by atoms with Gasteiger partial charge in [0.2, 0.25) is 0 Å². The fourth-order valence-electron chi connectivity index (χ4n) is 2.32. The Morgan fingerprint density at radius 3 is 2.38 bits per heavy atom. The van der Waals surface area contributed by atoms with Crippen molar-refractivity contribution in [1.29, 1.82) is 0 Å². The van der Waals surface area contributed by atoms with Gasteiger partial charge in [-0.05, 0) is 36.4 Å². The number of ether oxygens (including phenoxy) is 1. The maximum Gasteiger partial charge on any atom is 0.260 e. The number of hydrogen-bond acceptors (Lipinski definition) is 4. The molecule has 1 heterocycles. The molecule has 0 spiro atoms. The molecule has 2 aromatic carbocycles. The third-order valence-electron chi connectivity index (χ3n) is 3.59. The van der Waals surface area contributed by atoms with Gasteiger partial charge in [0.1, 0.15) is 11.6 Å². The minimum Gasteiger partial charge on any atom is -0.496 e. The number of para-hydroxylation sites is 2. The third-order valence-corrected chi connectivity index (χ3v) is 4.22. The molecule has 2 N–H and O–H groups in total. The van der Waals surface area contributed by atoms with Crippen molar-refractivity contribution in [3.05, 3.63) is 76.4 Å². The zero-order chi connectivity index (χ0) is 18.5. The molecule has 5 nitrogen and oxygen atoms in total. The number of benzene rings is 2. The Balaban J connectivity index is 1.73. The molecule has 0 unspecified atom stereocenters. The van der Waals surface area contributed by atoms with Gasteiger partial charge in [0.15, 0.2) is 0 Å². The molecule has 7 heteroatoms. The van der Waals surface area contributed by atoms with Crippen molar-refractivity contribution >= 4 is 46.3 Å². The van der Waals surface area contributed by atoms with Crippen molar-refractivity contribution in [2.24, 2.45) is 0 Å². The van der Waals surface area contributed by atoms with Gasteiger partial charge < -0.3 is 15.4 Å². The number of pyridine rings is 1. The molecular formula is C19H15Cl2N3O2. The van der Waals surface area contributed by atoms with Crippen molar-refractivity contribution < 1.29 is 9.53 Å². The molecular weight excluding hydrogens is 373 g/mol. The highest BCUT2D eigenvalue weighted by molar-refractivity contribution is 6.39. The standard InChI is InChI=1S/C19H15Cl2N3O2/c1-26-16-8-3-2-5-13(16)19(25)24-17-10-9-12(11-22-17)23-18-14(20)6-4-7-15(18)21/h2-11,23H,1H3,(H,22,24,25). The number of hydrogen-bond donors (Lipinski definition) is 2. The first-order chi connectivity index (χ1) is 12.6. The lowest BCUT2D eigenvalue weighted by Gasteiger charge is -2.11. The van der Waals surface area contributed by atoms with Crippen LogP contribution in [0.15, 0.2) is 60.8 Å². The molecule has 0 aliphatic rings. The first-order valence-electron chi connectivity index (χ1n) is 7.70. The Kier molecular flexibility index (Phi) is 5.61. The first kappa shape index (κ1) is 18.0. The second-order valence-corrected chi connectivity index (χ2v) is 6.12. The summed E-state index contributed by atoms with van der Waals surface area (Å²) >= 11 is 12.3. The van der Waals surface area contributed by atoms with Gasteiger partial charge in [0.25, 0.3) is 5.91 Å². The average molecular weight is 388 g/mol. The molecule has 0 atom stereocenters. The van der Waals surface area contributed by atoms with Gasteiger partial charge in [-0.25, -0.2) is 4.98 Å². The number of halogens is 2. The molecule has 132 valence electrons. The van der Waals surface area contributed by atoms with Crippen molar-refractivity contribution in [2.45, 2.75) is 0 Å². The van der Waals surface area contributed by atoms with Gasteiger partial charge in [-0.15, -0.1) is 0 Å². The number of rotatable bonds is 5. The van der Waals surface area contributed by atoms with Gasteiger partial charge in [-0.1, -0.05) is 41.4 Å². The van der Waals surface area contributed by atoms with E-state index < -0.39 is 0 Å². The first-order valence-corrected chi connectivity index (χ1v) is 8.45. The molecule has 1 aromatic heterocycles. The smallest absolute Gasteiger partial charge is 0.260 e. The molecule has 0 saturated heterocycles. The number of anilines is 3. The lowest BCUT2D eigenvalue weighted by Crippen LogP contribution is -2.14. The molecule has 1 amide bonds. The quantitative estimate of drug-likeness (QED) is 0.615. The average Bonchev–Trinajstić information content (AvgIpc) is 2.66. The predicted octanol–water partition coefficient (Wildman–Crippen LogP) is 5.39. The van der Waals surface area contributed by atoms with E-state index in [1.807, 2.05) is 0 Å². The summed E-state index contributed by atoms with van der Waals surface area (Å²) in [6.45, 7) is 0. The van der Waals surface area contributed by atoms with Crippen LogP contribution < -0.4 is 15.4 Å². The summed E-state index contributed by atoms with van der Waals surface area (Å²) in [4.78, 5) is 16.6. The van der Waals surface area contributed by atoms with Crippen molar-refractivity contribution in [3.63, 3.8) is 0 Å². The Hall–Kier alpha value is -2.76. The van der Waals surface area contributed by atoms with E-state index in [4.69, 9.17) is 27.9 Å². The van der Waals surface area contributed by atoms with Crippen molar-refractivity contribution in [2.75, 3.05) is 17.7 Å². The van der Waals surface area contributed by atoms with Crippen LogP contribution in [0.5, 0.6) is 5.75 Å². The van der Waals surface area contributed by atoms with E-state index in [-0.39, 0.29) is 5.91 Å². The zero-order valence-corrected chi connectivity index (χ0v) is 15.3. The largest absolute Gasteiger partial charge is 0.496 e. The summed E-state index contributed by atoms with van der Waals surface area (Å²) in [5.41, 5.74) is 1.72. The molecule has 0 aliphatic carbocycles. The number of methoxy groups -OCH3 is 1. The highest BCUT2D eigenvalue weighted by Crippen LogP contribution is 2.32. The van der Waals surface area contributed by atoms with Gasteiger partial charge in [0, 0.05) is 0 Å². The fourth-order valence-corrected chi connectivity index (χ4v) is 2.81. The normalized spacial score (nSPS) is 10.3. The number of carbonyl (C=O) groups excluding carboxylic acids is 1. The highest BCUT2D eigenvalue weighted by atomic mass is 35.5. The molecule has 0 bridgehead atoms. The van der Waals surface area contributed by atoms with Crippen LogP contribution in [0.2, 0.25) is 10.0 Å². The second-order valence-electron chi connectivity index (χ2n) is 5.31. The van der Waals surface area contributed by atoms with Crippen LogP contribution in [0.3, 0.4) is 0 Å². The van der Waals surface area contributed by atoms with Crippen LogP contribution in [-0.4, -0.2) is 18.0 Å². The minimum atomic E-state index is -0.301. The molecule has 0 aliphatic heterocycles. The molecule has 3 rings (SSSR count). The molecule has 0 radical (unpaired) electrons. The second kappa shape index (κ2) is 8.08. The summed E-state index contributed by atoms with van der Waals surface area (Å²) in [6.07, 6.45) is 1.58. The number of amides is 1. The summed E-state index contributed by atoms with van der Waals surface area (Å²) in [5, 5.41) is 6.86. The molecule has 3 aromatic rings. The number of aromatic nitrogens is 1. The lowest BCUT2D eigenvalue weighted by molar-refractivity contribution is 0.102. The van der Waals surface area contributed by atoms with Crippen LogP contribution in [0.25, 0.3) is 0 Å². The van der Waals surface area contributed by atoms with E-state index in [0.29, 0.717) is 38.6 Å². The fraction of sp³-hybridized carbons (Fsp3) is 0.0526. The zero-order valence-electron chi connectivity index (χ0n) is 13.8. The van der Waals surface area contributed by atoms with Gasteiger partial charge in [0.05, 0.1) is 40.3 Å². The topological polar surface area (TPSA) is 63.2 Å². The number of carbonyl (C=O) groups is 1. The lowest BCUT2D eigenvalue weighted by atomic mass is 10.2. The van der Waals surface area contributed by atoms with Crippen molar-refractivity contribution in [1.82, 2.24) is 4.98 Å². The van der Waals surface area contributed by atoms with E-state index in [1.54, 1.807) is 60.8 Å². The monoisotopic (exact) mass is 387 g/mol. The van der Waals surface area contributed by atoms with Gasteiger partial charge in [-0.2, -0.15) is 0 Å². The summed E-state index contributed by atoms with van der Waals surface area (Å²) in [5.74, 6) is 0.609. The van der Waals surface area contributed by atoms with Crippen molar-refractivity contribution in [3.8, 4) is 5.75 Å². The third kappa shape index (κ3) is 4.07. The van der Waals surface area contributed by atoms with Crippen LogP contribution in [0, 0.1) is 0 Å². The minimum absolute atomic E-state index is 0.301. The maximum absolute atomic E-state index is 12.4. The predicted molar refractivity (Wildman–Crippen MR) is 105 cm³/mol. The number of nitrogens with one attached hydrogen (secondary N) is 2. The van der Waals surface area contributed by atoms with E-state index in [0.717, 1.165) is 0 Å². The van der Waals surface area contributed by atoms with Crippen LogP contribution in [-0.2, 0) is 0 Å². The SMILES string of the molecule is COc1ccccc1C(=O)Nc1ccc(Nc2c(Cl)cccc2Cl)cn1. The number of nitrogens with zero attached hydrogens (tertiary/aromatic N) is 1. The van der Waals surface area contributed by atoms with Crippen LogP contribution >= 0.6 is 23.2 Å². The summed E-state index contributed by atoms with van der Waals surface area (Å²) in [6, 6.07) is 15.7. The van der Waals surface area contributed by atoms with E-state index in [2.05, 4.69) is 15.6 Å². The highest BCUT2D eigenvalue weighted by Gasteiger charge is 2.12. The van der Waals surface area contributed by atoms with Gasteiger partial charge in [-0.3, -0.25) is 4.79 Å². The van der Waals surface area contributed by atoms with Crippen LogP contribution in [0.1, 0.15) is 10.4 Å². The molecule has 26 heavy (non-hydrogen) atoms. The van der Waals surface area contributed by atoms with Gasteiger partial charge >= 0.3 is 0 Å². The Morgan fingerprint density at radius 1 is 1.00 bits per heavy atom. The summed E-state index contributed by atoms with van der Waals surface area (Å²) < 4.78 is 5.20. The molecule has 0 saturated carbocycles. The van der Waals surface area contributed by atoms with E-state index >= 15 is 0 Å². The van der Waals surface area contributed by atoms with Crippen LogP contribution in [0.4, 0.5) is 17.2 Å². The Bertz CT molecular complexity index is 910.